The van der Waals surface area contributed by atoms with Gasteiger partial charge in [-0.3, -0.25) is 4.90 Å². The number of hydrogen-bond acceptors (Lipinski definition) is 2. The lowest BCUT2D eigenvalue weighted by atomic mass is 9.86. The van der Waals surface area contributed by atoms with E-state index in [-0.39, 0.29) is 0 Å². The Bertz CT molecular complexity index is 419. The molecule has 0 bridgehead atoms. The molecule has 0 amide bonds. The van der Waals surface area contributed by atoms with E-state index in [0.29, 0.717) is 18.2 Å². The Balaban J connectivity index is 2.00. The van der Waals surface area contributed by atoms with Gasteiger partial charge in [-0.05, 0) is 56.3 Å². The largest absolute Gasteiger partial charge is 0.503 e. The Morgan fingerprint density at radius 3 is 2.21 bits per heavy atom. The highest BCUT2D eigenvalue weighted by molar-refractivity contribution is 5.30. The van der Waals surface area contributed by atoms with E-state index < -0.39 is 17.4 Å². The van der Waals surface area contributed by atoms with Crippen LogP contribution in [-0.4, -0.2) is 23.1 Å². The van der Waals surface area contributed by atoms with Gasteiger partial charge < -0.3 is 5.11 Å². The van der Waals surface area contributed by atoms with Gasteiger partial charge in [-0.25, -0.2) is 8.78 Å². The molecule has 1 aromatic rings. The zero-order valence-electron chi connectivity index (χ0n) is 11.5. The molecule has 4 heteroatoms. The fourth-order valence-electron chi connectivity index (χ4n) is 2.81. The molecule has 0 heterocycles. The van der Waals surface area contributed by atoms with Crippen molar-refractivity contribution >= 4 is 0 Å². The van der Waals surface area contributed by atoms with Crippen molar-refractivity contribution < 1.29 is 13.9 Å². The van der Waals surface area contributed by atoms with Crippen molar-refractivity contribution in [2.75, 3.05) is 7.05 Å². The van der Waals surface area contributed by atoms with Gasteiger partial charge in [0.05, 0.1) is 0 Å². The zero-order valence-corrected chi connectivity index (χ0v) is 11.5. The molecule has 0 unspecified atom stereocenters. The van der Waals surface area contributed by atoms with Crippen LogP contribution in [0, 0.1) is 17.6 Å². The summed E-state index contributed by atoms with van der Waals surface area (Å²) in [4.78, 5) is 2.15. The first-order valence-electron chi connectivity index (χ1n) is 6.84. The third kappa shape index (κ3) is 3.44. The molecule has 19 heavy (non-hydrogen) atoms. The summed E-state index contributed by atoms with van der Waals surface area (Å²) < 4.78 is 26.6. The van der Waals surface area contributed by atoms with E-state index in [4.69, 9.17) is 5.11 Å². The number of phenolic OH excluding ortho intramolecular Hbond substituents is 1. The van der Waals surface area contributed by atoms with Crippen LogP contribution in [0.2, 0.25) is 0 Å². The van der Waals surface area contributed by atoms with Crippen LogP contribution in [0.1, 0.15) is 38.2 Å². The second-order valence-electron chi connectivity index (χ2n) is 5.74. The Kier molecular flexibility index (Phi) is 4.40. The smallest absolute Gasteiger partial charge is 0.187 e. The second kappa shape index (κ2) is 5.87. The predicted octanol–water partition coefficient (Wildman–Crippen LogP) is 3.68. The number of halogens is 2. The third-order valence-corrected chi connectivity index (χ3v) is 4.12. The summed E-state index contributed by atoms with van der Waals surface area (Å²) in [5.41, 5.74) is 0.564. The van der Waals surface area contributed by atoms with E-state index in [2.05, 4.69) is 11.8 Å². The Labute approximate surface area is 113 Å². The molecular weight excluding hydrogens is 248 g/mol. The van der Waals surface area contributed by atoms with Crippen LogP contribution in [0.3, 0.4) is 0 Å². The van der Waals surface area contributed by atoms with E-state index in [1.165, 1.54) is 25.0 Å². The van der Waals surface area contributed by atoms with Crippen LogP contribution >= 0.6 is 0 Å². The highest BCUT2D eigenvalue weighted by Crippen LogP contribution is 2.28. The van der Waals surface area contributed by atoms with E-state index >= 15 is 0 Å². The molecule has 1 saturated carbocycles. The summed E-state index contributed by atoms with van der Waals surface area (Å²) >= 11 is 0. The molecular formula is C15H21F2NO. The van der Waals surface area contributed by atoms with Gasteiger partial charge in [0, 0.05) is 12.6 Å². The van der Waals surface area contributed by atoms with Crippen LogP contribution in [0.15, 0.2) is 12.1 Å². The van der Waals surface area contributed by atoms with Crippen LogP contribution in [0.25, 0.3) is 0 Å². The predicted molar refractivity (Wildman–Crippen MR) is 70.9 cm³/mol. The number of rotatable bonds is 3. The van der Waals surface area contributed by atoms with E-state index in [1.807, 2.05) is 7.05 Å². The van der Waals surface area contributed by atoms with E-state index in [1.54, 1.807) is 0 Å². The Morgan fingerprint density at radius 1 is 1.16 bits per heavy atom. The molecule has 0 saturated heterocycles. The minimum Gasteiger partial charge on any atom is -0.503 e. The summed E-state index contributed by atoms with van der Waals surface area (Å²) in [6.45, 7) is 2.77. The Hall–Kier alpha value is -1.16. The van der Waals surface area contributed by atoms with Crippen molar-refractivity contribution in [3.8, 4) is 5.75 Å². The van der Waals surface area contributed by atoms with Crippen molar-refractivity contribution in [3.05, 3.63) is 29.3 Å². The number of nitrogens with zero attached hydrogens (tertiary/aromatic N) is 1. The van der Waals surface area contributed by atoms with Gasteiger partial charge in [0.1, 0.15) is 0 Å². The number of aromatic hydroxyl groups is 1. The van der Waals surface area contributed by atoms with Crippen molar-refractivity contribution in [3.63, 3.8) is 0 Å². The number of hydrogen-bond donors (Lipinski definition) is 1. The first kappa shape index (κ1) is 14.3. The Morgan fingerprint density at radius 2 is 1.68 bits per heavy atom. The highest BCUT2D eigenvalue weighted by Gasteiger charge is 2.22. The van der Waals surface area contributed by atoms with Gasteiger partial charge >= 0.3 is 0 Å². The minimum atomic E-state index is -0.891. The minimum absolute atomic E-state index is 0.483. The first-order chi connectivity index (χ1) is 8.97. The maximum atomic E-state index is 13.3. The fourth-order valence-corrected chi connectivity index (χ4v) is 2.81. The zero-order chi connectivity index (χ0) is 14.0. The van der Waals surface area contributed by atoms with Gasteiger partial charge in [0.2, 0.25) is 0 Å². The summed E-state index contributed by atoms with van der Waals surface area (Å²) in [5, 5.41) is 9.08. The lowest BCUT2D eigenvalue weighted by Crippen LogP contribution is -2.34. The highest BCUT2D eigenvalue weighted by atomic mass is 19.1. The SMILES string of the molecule is CC1CCC(N(C)Cc2cc(F)c(O)c(F)c2)CC1. The van der Waals surface area contributed by atoms with Crippen molar-refractivity contribution in [1.29, 1.82) is 0 Å². The van der Waals surface area contributed by atoms with E-state index in [9.17, 15) is 8.78 Å². The molecule has 0 atom stereocenters. The quantitative estimate of drug-likeness (QED) is 0.904. The van der Waals surface area contributed by atoms with Crippen LogP contribution in [0.4, 0.5) is 8.78 Å². The second-order valence-corrected chi connectivity index (χ2v) is 5.74. The molecule has 1 aliphatic rings. The first-order valence-corrected chi connectivity index (χ1v) is 6.84. The normalized spacial score (nSPS) is 23.8. The van der Waals surface area contributed by atoms with Crippen LogP contribution in [-0.2, 0) is 6.54 Å². The fraction of sp³-hybridized carbons (Fsp3) is 0.600. The molecule has 0 spiro atoms. The van der Waals surface area contributed by atoms with Gasteiger partial charge in [0.15, 0.2) is 17.4 Å². The molecule has 1 fully saturated rings. The molecule has 0 aromatic heterocycles. The van der Waals surface area contributed by atoms with Crippen LogP contribution < -0.4 is 0 Å². The molecule has 1 aliphatic carbocycles. The van der Waals surface area contributed by atoms with Gasteiger partial charge in [0.25, 0.3) is 0 Å². The van der Waals surface area contributed by atoms with Crippen molar-refractivity contribution in [1.82, 2.24) is 4.90 Å². The molecule has 0 aliphatic heterocycles. The third-order valence-electron chi connectivity index (χ3n) is 4.12. The van der Waals surface area contributed by atoms with Crippen LogP contribution in [0.5, 0.6) is 5.75 Å². The van der Waals surface area contributed by atoms with Gasteiger partial charge in [-0.1, -0.05) is 6.92 Å². The summed E-state index contributed by atoms with van der Waals surface area (Å²) in [5.74, 6) is -1.88. The molecule has 2 rings (SSSR count). The summed E-state index contributed by atoms with van der Waals surface area (Å²) in [6.07, 6.45) is 4.71. The van der Waals surface area contributed by atoms with Crippen molar-refractivity contribution in [2.45, 2.75) is 45.2 Å². The van der Waals surface area contributed by atoms with E-state index in [0.717, 1.165) is 18.8 Å². The van der Waals surface area contributed by atoms with Gasteiger partial charge in [-0.2, -0.15) is 0 Å². The summed E-state index contributed by atoms with van der Waals surface area (Å²) in [7, 11) is 1.99. The molecule has 1 N–H and O–H groups in total. The molecule has 1 aromatic carbocycles. The lowest BCUT2D eigenvalue weighted by molar-refractivity contribution is 0.163. The average molecular weight is 269 g/mol. The summed E-state index contributed by atoms with van der Waals surface area (Å²) in [6, 6.07) is 2.90. The maximum absolute atomic E-state index is 13.3. The number of phenols is 1. The number of benzene rings is 1. The molecule has 2 nitrogen and oxygen atoms in total. The molecule has 0 radical (unpaired) electrons. The monoisotopic (exact) mass is 269 g/mol. The average Bonchev–Trinajstić information content (AvgIpc) is 2.36. The van der Waals surface area contributed by atoms with Gasteiger partial charge in [-0.15, -0.1) is 0 Å². The maximum Gasteiger partial charge on any atom is 0.187 e. The topological polar surface area (TPSA) is 23.5 Å². The standard InChI is InChI=1S/C15H21F2NO/c1-10-3-5-12(6-4-10)18(2)9-11-7-13(16)15(19)14(17)8-11/h7-8,10,12,19H,3-6,9H2,1-2H3. The molecule has 106 valence electrons. The lowest BCUT2D eigenvalue weighted by Gasteiger charge is -2.33. The van der Waals surface area contributed by atoms with Crippen molar-refractivity contribution in [2.24, 2.45) is 5.92 Å².